The van der Waals surface area contributed by atoms with Gasteiger partial charge in [-0.3, -0.25) is 19.8 Å². The highest BCUT2D eigenvalue weighted by atomic mass is 32.2. The SMILES string of the molecule is COCCCOCC(=O)NCCCC[C@H](NC(=O)[C@@H](CO)NS(=O)(=O)Cc1ccccc1)C(=O)NCc1ccc(C(=N)N)cc1. The van der Waals surface area contributed by atoms with Crippen LogP contribution in [0, 0.1) is 5.41 Å². The van der Waals surface area contributed by atoms with Crippen LogP contribution in [0.5, 0.6) is 0 Å². The van der Waals surface area contributed by atoms with Gasteiger partial charge in [0.15, 0.2) is 0 Å². The Morgan fingerprint density at radius 2 is 1.62 bits per heavy atom. The topological polar surface area (TPSA) is 222 Å². The van der Waals surface area contributed by atoms with Crippen LogP contribution in [0.3, 0.4) is 0 Å². The summed E-state index contributed by atoms with van der Waals surface area (Å²) >= 11 is 0. The summed E-state index contributed by atoms with van der Waals surface area (Å²) < 4.78 is 37.8. The second-order valence-corrected chi connectivity index (χ2v) is 12.0. The number of sulfonamides is 1. The molecule has 8 N–H and O–H groups in total. The number of nitrogens with two attached hydrogens (primary N) is 1. The number of benzene rings is 2. The van der Waals surface area contributed by atoms with Crippen LogP contribution >= 0.6 is 0 Å². The van der Waals surface area contributed by atoms with Gasteiger partial charge in [-0.05, 0) is 36.8 Å². The van der Waals surface area contributed by atoms with E-state index in [1.807, 2.05) is 0 Å². The first-order valence-corrected chi connectivity index (χ1v) is 16.2. The minimum absolute atomic E-state index is 0.0824. The molecule has 0 aliphatic carbocycles. The molecule has 2 aromatic carbocycles. The maximum Gasteiger partial charge on any atom is 0.245 e. The van der Waals surface area contributed by atoms with Gasteiger partial charge in [0, 0.05) is 39.0 Å². The molecule has 14 nitrogen and oxygen atoms in total. The lowest BCUT2D eigenvalue weighted by Gasteiger charge is -2.22. The van der Waals surface area contributed by atoms with Crippen LogP contribution < -0.4 is 26.4 Å². The average Bonchev–Trinajstić information content (AvgIpc) is 3.02. The lowest BCUT2D eigenvalue weighted by molar-refractivity contribution is -0.130. The Morgan fingerprint density at radius 1 is 0.911 bits per heavy atom. The molecule has 0 saturated heterocycles. The summed E-state index contributed by atoms with van der Waals surface area (Å²) in [7, 11) is -2.41. The largest absolute Gasteiger partial charge is 0.394 e. The molecule has 0 heterocycles. The number of carbonyl (C=O) groups excluding carboxylic acids is 3. The lowest BCUT2D eigenvalue weighted by Crippen LogP contribution is -2.55. The van der Waals surface area contributed by atoms with E-state index in [1.165, 1.54) is 0 Å². The fourth-order valence-electron chi connectivity index (χ4n) is 4.10. The first kappa shape index (κ1) is 37.3. The summed E-state index contributed by atoms with van der Waals surface area (Å²) in [5.41, 5.74) is 7.25. The highest BCUT2D eigenvalue weighted by Gasteiger charge is 2.28. The Labute approximate surface area is 264 Å². The van der Waals surface area contributed by atoms with Crippen molar-refractivity contribution in [1.82, 2.24) is 20.7 Å². The van der Waals surface area contributed by atoms with Crippen molar-refractivity contribution in [3.05, 3.63) is 71.3 Å². The zero-order valence-corrected chi connectivity index (χ0v) is 26.2. The van der Waals surface area contributed by atoms with Gasteiger partial charge in [-0.1, -0.05) is 54.6 Å². The Kier molecular flexibility index (Phi) is 16.7. The van der Waals surface area contributed by atoms with E-state index in [4.69, 9.17) is 20.6 Å². The van der Waals surface area contributed by atoms with Crippen molar-refractivity contribution >= 4 is 33.6 Å². The van der Waals surface area contributed by atoms with E-state index in [2.05, 4.69) is 20.7 Å². The van der Waals surface area contributed by atoms with Gasteiger partial charge in [-0.25, -0.2) is 13.1 Å². The third-order valence-corrected chi connectivity index (χ3v) is 7.85. The standard InChI is InChI=1S/C30H44N6O8S/c1-43-16-7-17-44-20-27(38)33-15-6-5-10-25(29(39)34-18-22-11-13-24(14-12-22)28(31)32)35-30(40)26(19-37)36-45(41,42)21-23-8-3-2-4-9-23/h2-4,8-9,11-14,25-26,36-37H,5-7,10,15-21H2,1H3,(H3,31,32)(H,33,38)(H,34,39)(H,35,40)/t25-,26+/m0/s1. The van der Waals surface area contributed by atoms with Crippen LogP contribution in [-0.2, 0) is 46.2 Å². The molecule has 0 unspecified atom stereocenters. The number of nitrogens with one attached hydrogen (secondary N) is 5. The predicted molar refractivity (Wildman–Crippen MR) is 168 cm³/mol. The van der Waals surface area contributed by atoms with Crippen LogP contribution in [-0.4, -0.2) is 89.2 Å². The molecule has 0 aliphatic rings. The van der Waals surface area contributed by atoms with Gasteiger partial charge in [-0.15, -0.1) is 0 Å². The number of methoxy groups -OCH3 is 1. The van der Waals surface area contributed by atoms with Gasteiger partial charge in [0.1, 0.15) is 24.5 Å². The molecular formula is C30H44N6O8S. The molecule has 2 aromatic rings. The van der Waals surface area contributed by atoms with Crippen molar-refractivity contribution < 1.29 is 37.4 Å². The number of hydrogen-bond donors (Lipinski definition) is 7. The summed E-state index contributed by atoms with van der Waals surface area (Å²) in [6.45, 7) is 0.477. The molecule has 0 radical (unpaired) electrons. The molecule has 0 aliphatic heterocycles. The molecule has 0 bridgehead atoms. The third kappa shape index (κ3) is 15.1. The van der Waals surface area contributed by atoms with Gasteiger partial charge in [0.25, 0.3) is 0 Å². The minimum atomic E-state index is -4.00. The van der Waals surface area contributed by atoms with Gasteiger partial charge >= 0.3 is 0 Å². The highest BCUT2D eigenvalue weighted by molar-refractivity contribution is 7.88. The Balaban J connectivity index is 1.97. The van der Waals surface area contributed by atoms with Crippen LogP contribution in [0.1, 0.15) is 42.4 Å². The summed E-state index contributed by atoms with van der Waals surface area (Å²) in [5.74, 6) is -2.14. The third-order valence-electron chi connectivity index (χ3n) is 6.50. The molecule has 3 amide bonds. The molecule has 0 fully saturated rings. The zero-order chi connectivity index (χ0) is 33.1. The van der Waals surface area contributed by atoms with Crippen molar-refractivity contribution in [3.63, 3.8) is 0 Å². The maximum atomic E-state index is 13.2. The number of aliphatic hydroxyl groups is 1. The summed E-state index contributed by atoms with van der Waals surface area (Å²) in [6.07, 6.45) is 1.78. The molecule has 2 atom stereocenters. The Hall–Kier alpha value is -3.89. The molecule has 0 saturated carbocycles. The zero-order valence-electron chi connectivity index (χ0n) is 25.4. The van der Waals surface area contributed by atoms with Crippen LogP contribution in [0.25, 0.3) is 0 Å². The molecular weight excluding hydrogens is 604 g/mol. The second-order valence-electron chi connectivity index (χ2n) is 10.2. The summed E-state index contributed by atoms with van der Waals surface area (Å²) in [5, 5.41) is 25.4. The fraction of sp³-hybridized carbons (Fsp3) is 0.467. The number of ether oxygens (including phenoxy) is 2. The van der Waals surface area contributed by atoms with Gasteiger partial charge in [-0.2, -0.15) is 0 Å². The number of amides is 3. The molecule has 45 heavy (non-hydrogen) atoms. The molecule has 2 rings (SSSR count). The number of aliphatic hydroxyl groups excluding tert-OH is 1. The van der Waals surface area contributed by atoms with Crippen LogP contribution in [0.4, 0.5) is 0 Å². The quantitative estimate of drug-likeness (QED) is 0.0513. The number of carbonyl (C=O) groups is 3. The number of hydrogen-bond acceptors (Lipinski definition) is 9. The van der Waals surface area contributed by atoms with Crippen molar-refractivity contribution in [2.24, 2.45) is 5.73 Å². The van der Waals surface area contributed by atoms with E-state index in [9.17, 15) is 27.9 Å². The minimum Gasteiger partial charge on any atom is -0.394 e. The van der Waals surface area contributed by atoms with Gasteiger partial charge in [0.05, 0.1) is 12.4 Å². The average molecular weight is 649 g/mol. The molecule has 0 aromatic heterocycles. The van der Waals surface area contributed by atoms with Crippen molar-refractivity contribution in [2.75, 3.05) is 40.1 Å². The van der Waals surface area contributed by atoms with E-state index in [0.717, 1.165) is 5.56 Å². The second kappa shape index (κ2) is 20.2. The fourth-order valence-corrected chi connectivity index (χ4v) is 5.43. The monoisotopic (exact) mass is 648 g/mol. The Morgan fingerprint density at radius 3 is 2.27 bits per heavy atom. The first-order chi connectivity index (χ1) is 21.5. The van der Waals surface area contributed by atoms with E-state index in [0.29, 0.717) is 50.1 Å². The molecule has 248 valence electrons. The first-order valence-electron chi connectivity index (χ1n) is 14.5. The summed E-state index contributed by atoms with van der Waals surface area (Å²) in [4.78, 5) is 38.2. The van der Waals surface area contributed by atoms with Gasteiger partial charge in [0.2, 0.25) is 27.7 Å². The molecule has 0 spiro atoms. The number of rotatable bonds is 22. The van der Waals surface area contributed by atoms with Gasteiger partial charge < -0.3 is 36.3 Å². The number of nitrogen functional groups attached to an aromatic ring is 1. The van der Waals surface area contributed by atoms with E-state index >= 15 is 0 Å². The molecule has 15 heteroatoms. The van der Waals surface area contributed by atoms with Crippen molar-refractivity contribution in [1.29, 1.82) is 5.41 Å². The normalized spacial score (nSPS) is 12.6. The lowest BCUT2D eigenvalue weighted by atomic mass is 10.1. The van der Waals surface area contributed by atoms with Crippen molar-refractivity contribution in [2.45, 2.75) is 50.1 Å². The van der Waals surface area contributed by atoms with Crippen LogP contribution in [0.15, 0.2) is 54.6 Å². The Bertz CT molecular complexity index is 1330. The highest BCUT2D eigenvalue weighted by Crippen LogP contribution is 2.08. The van der Waals surface area contributed by atoms with E-state index < -0.39 is 46.3 Å². The van der Waals surface area contributed by atoms with Crippen LogP contribution in [0.2, 0.25) is 0 Å². The van der Waals surface area contributed by atoms with E-state index in [-0.39, 0.29) is 31.3 Å². The summed E-state index contributed by atoms with van der Waals surface area (Å²) in [6, 6.07) is 12.5. The maximum absolute atomic E-state index is 13.2. The number of unbranched alkanes of at least 4 members (excludes halogenated alkanes) is 1. The van der Waals surface area contributed by atoms with Crippen molar-refractivity contribution in [3.8, 4) is 0 Å². The number of amidine groups is 1. The smallest absolute Gasteiger partial charge is 0.245 e. The predicted octanol–water partition coefficient (Wildman–Crippen LogP) is -0.108. The van der Waals surface area contributed by atoms with E-state index in [1.54, 1.807) is 61.7 Å².